The number of anilines is 1. The fourth-order valence-electron chi connectivity index (χ4n) is 3.09. The summed E-state index contributed by atoms with van der Waals surface area (Å²) in [5, 5.41) is 3.50. The van der Waals surface area contributed by atoms with Crippen molar-refractivity contribution >= 4 is 27.8 Å². The van der Waals surface area contributed by atoms with Gasteiger partial charge in [-0.3, -0.25) is 4.99 Å². The number of hydrogen-bond acceptors (Lipinski definition) is 5. The average molecular weight is 411 g/mol. The van der Waals surface area contributed by atoms with Gasteiger partial charge in [-0.1, -0.05) is 12.8 Å². The van der Waals surface area contributed by atoms with Gasteiger partial charge in [0.15, 0.2) is 5.96 Å². The van der Waals surface area contributed by atoms with Crippen LogP contribution >= 0.6 is 15.9 Å². The van der Waals surface area contributed by atoms with Crippen LogP contribution in [0, 0.1) is 5.92 Å². The van der Waals surface area contributed by atoms with Crippen molar-refractivity contribution in [3.8, 4) is 5.88 Å². The molecule has 138 valence electrons. The first kappa shape index (κ1) is 18.2. The summed E-state index contributed by atoms with van der Waals surface area (Å²) in [5.41, 5.74) is 0. The standard InChI is InChI=1S/C17H27BrN6O/c1-19-16(20-7-3-4-13-5-6-13)23-8-10-24(11-9-23)17-21-12-14(18)15(22-17)25-2/h12-13H,3-11H2,1-2H3,(H,19,20). The van der Waals surface area contributed by atoms with Gasteiger partial charge in [-0.15, -0.1) is 0 Å². The first-order valence-electron chi connectivity index (χ1n) is 8.98. The topological polar surface area (TPSA) is 65.9 Å². The van der Waals surface area contributed by atoms with Crippen LogP contribution in [0.15, 0.2) is 15.7 Å². The fraction of sp³-hybridized carbons (Fsp3) is 0.706. The van der Waals surface area contributed by atoms with Gasteiger partial charge in [-0.25, -0.2) is 4.98 Å². The number of nitrogens with zero attached hydrogens (tertiary/aromatic N) is 5. The second-order valence-electron chi connectivity index (χ2n) is 6.56. The number of guanidine groups is 1. The third-order valence-corrected chi connectivity index (χ3v) is 5.28. The number of nitrogens with one attached hydrogen (secondary N) is 1. The van der Waals surface area contributed by atoms with Crippen LogP contribution in [0.5, 0.6) is 5.88 Å². The lowest BCUT2D eigenvalue weighted by atomic mass is 10.2. The third kappa shape index (κ3) is 4.96. The Hall–Kier alpha value is -1.57. The SMILES string of the molecule is CN=C(NCCCC1CC1)N1CCN(c2ncc(Br)c(OC)n2)CC1. The zero-order chi connectivity index (χ0) is 17.6. The maximum atomic E-state index is 5.27. The van der Waals surface area contributed by atoms with Crippen molar-refractivity contribution in [3.05, 3.63) is 10.7 Å². The van der Waals surface area contributed by atoms with Crippen LogP contribution in [0.3, 0.4) is 0 Å². The third-order valence-electron chi connectivity index (χ3n) is 4.74. The Balaban J connectivity index is 1.48. The first-order valence-corrected chi connectivity index (χ1v) is 9.77. The molecule has 0 amide bonds. The quantitative estimate of drug-likeness (QED) is 0.440. The summed E-state index contributed by atoms with van der Waals surface area (Å²) in [7, 11) is 3.48. The van der Waals surface area contributed by atoms with E-state index in [-0.39, 0.29) is 0 Å². The number of rotatable bonds is 6. The molecule has 0 radical (unpaired) electrons. The van der Waals surface area contributed by atoms with Gasteiger partial charge in [0.05, 0.1) is 17.8 Å². The molecule has 0 spiro atoms. The van der Waals surface area contributed by atoms with Crippen molar-refractivity contribution in [3.63, 3.8) is 0 Å². The normalized spacial score (nSPS) is 18.4. The number of piperazine rings is 1. The summed E-state index contributed by atoms with van der Waals surface area (Å²) < 4.78 is 6.04. The maximum absolute atomic E-state index is 5.27. The van der Waals surface area contributed by atoms with Gasteiger partial charge in [0.25, 0.3) is 0 Å². The van der Waals surface area contributed by atoms with E-state index in [1.54, 1.807) is 13.3 Å². The summed E-state index contributed by atoms with van der Waals surface area (Å²) >= 11 is 3.39. The first-order chi connectivity index (χ1) is 12.2. The summed E-state index contributed by atoms with van der Waals surface area (Å²) in [6.07, 6.45) is 7.18. The molecule has 0 atom stereocenters. The summed E-state index contributed by atoms with van der Waals surface area (Å²) in [5.74, 6) is 3.28. The molecule has 1 aliphatic heterocycles. The molecule has 2 fully saturated rings. The Morgan fingerprint density at radius 3 is 2.76 bits per heavy atom. The molecule has 0 unspecified atom stereocenters. The number of aliphatic imine (C=N–C) groups is 1. The second kappa shape index (κ2) is 8.69. The summed E-state index contributed by atoms with van der Waals surface area (Å²) in [4.78, 5) is 17.8. The van der Waals surface area contributed by atoms with Crippen LogP contribution in [0.1, 0.15) is 25.7 Å². The highest BCUT2D eigenvalue weighted by Gasteiger charge is 2.23. The number of hydrogen-bond donors (Lipinski definition) is 1. The molecule has 1 aromatic heterocycles. The minimum absolute atomic E-state index is 0.570. The van der Waals surface area contributed by atoms with E-state index in [1.807, 2.05) is 7.05 Å². The highest BCUT2D eigenvalue weighted by atomic mass is 79.9. The molecule has 3 rings (SSSR count). The lowest BCUT2D eigenvalue weighted by Gasteiger charge is -2.36. The zero-order valence-electron chi connectivity index (χ0n) is 15.0. The van der Waals surface area contributed by atoms with Gasteiger partial charge in [-0.05, 0) is 34.7 Å². The van der Waals surface area contributed by atoms with E-state index >= 15 is 0 Å². The van der Waals surface area contributed by atoms with Gasteiger partial charge < -0.3 is 19.9 Å². The van der Waals surface area contributed by atoms with E-state index < -0.39 is 0 Å². The van der Waals surface area contributed by atoms with E-state index in [0.717, 1.165) is 49.1 Å². The van der Waals surface area contributed by atoms with Gasteiger partial charge in [-0.2, -0.15) is 4.98 Å². The number of aromatic nitrogens is 2. The van der Waals surface area contributed by atoms with Crippen LogP contribution < -0.4 is 15.0 Å². The minimum Gasteiger partial charge on any atom is -0.480 e. The molecule has 2 heterocycles. The molecule has 7 nitrogen and oxygen atoms in total. The Labute approximate surface area is 158 Å². The van der Waals surface area contributed by atoms with E-state index in [4.69, 9.17) is 4.74 Å². The number of ether oxygens (including phenoxy) is 1. The molecule has 1 saturated heterocycles. The molecular formula is C17H27BrN6O. The van der Waals surface area contributed by atoms with Crippen LogP contribution in [-0.4, -0.2) is 67.7 Å². The molecule has 1 saturated carbocycles. The lowest BCUT2D eigenvalue weighted by Crippen LogP contribution is -2.53. The Morgan fingerprint density at radius 2 is 2.12 bits per heavy atom. The number of methoxy groups -OCH3 is 1. The molecule has 1 aromatic rings. The van der Waals surface area contributed by atoms with Crippen molar-refractivity contribution in [1.82, 2.24) is 20.2 Å². The number of halogens is 1. The Kier molecular flexibility index (Phi) is 6.34. The van der Waals surface area contributed by atoms with Gasteiger partial charge in [0, 0.05) is 39.8 Å². The van der Waals surface area contributed by atoms with E-state index in [9.17, 15) is 0 Å². The van der Waals surface area contributed by atoms with Gasteiger partial charge >= 0.3 is 0 Å². The molecule has 1 aliphatic carbocycles. The van der Waals surface area contributed by atoms with E-state index in [0.29, 0.717) is 11.8 Å². The molecule has 25 heavy (non-hydrogen) atoms. The van der Waals surface area contributed by atoms with Gasteiger partial charge in [0.1, 0.15) is 0 Å². The van der Waals surface area contributed by atoms with Gasteiger partial charge in [0.2, 0.25) is 11.8 Å². The smallest absolute Gasteiger partial charge is 0.232 e. The molecule has 8 heteroatoms. The second-order valence-corrected chi connectivity index (χ2v) is 7.42. The van der Waals surface area contributed by atoms with Crippen molar-refractivity contribution in [2.45, 2.75) is 25.7 Å². The Morgan fingerprint density at radius 1 is 1.36 bits per heavy atom. The van der Waals surface area contributed by atoms with E-state index in [2.05, 4.69) is 46.0 Å². The molecule has 0 bridgehead atoms. The van der Waals surface area contributed by atoms with Crippen molar-refractivity contribution in [2.24, 2.45) is 10.9 Å². The van der Waals surface area contributed by atoms with Crippen LogP contribution in [0.25, 0.3) is 0 Å². The molecule has 2 aliphatic rings. The van der Waals surface area contributed by atoms with Crippen LogP contribution in [0.4, 0.5) is 5.95 Å². The average Bonchev–Trinajstić information content (AvgIpc) is 3.47. The van der Waals surface area contributed by atoms with Crippen molar-refractivity contribution < 1.29 is 4.74 Å². The molecular weight excluding hydrogens is 384 g/mol. The zero-order valence-corrected chi connectivity index (χ0v) is 16.6. The van der Waals surface area contributed by atoms with E-state index in [1.165, 1.54) is 25.7 Å². The van der Waals surface area contributed by atoms with Crippen molar-refractivity contribution in [2.75, 3.05) is 51.8 Å². The fourth-order valence-corrected chi connectivity index (χ4v) is 3.44. The maximum Gasteiger partial charge on any atom is 0.232 e. The monoisotopic (exact) mass is 410 g/mol. The van der Waals surface area contributed by atoms with Crippen LogP contribution in [0.2, 0.25) is 0 Å². The minimum atomic E-state index is 0.570. The summed E-state index contributed by atoms with van der Waals surface area (Å²) in [6, 6.07) is 0. The highest BCUT2D eigenvalue weighted by molar-refractivity contribution is 9.10. The van der Waals surface area contributed by atoms with Crippen molar-refractivity contribution in [1.29, 1.82) is 0 Å². The van der Waals surface area contributed by atoms with Crippen LogP contribution in [-0.2, 0) is 0 Å². The lowest BCUT2D eigenvalue weighted by molar-refractivity contribution is 0.365. The predicted octanol–water partition coefficient (Wildman–Crippen LogP) is 2.14. The Bertz CT molecular complexity index is 599. The molecule has 1 N–H and O–H groups in total. The largest absolute Gasteiger partial charge is 0.480 e. The summed E-state index contributed by atoms with van der Waals surface area (Å²) in [6.45, 7) is 4.56. The molecule has 0 aromatic carbocycles. The predicted molar refractivity (Wildman–Crippen MR) is 103 cm³/mol. The highest BCUT2D eigenvalue weighted by Crippen LogP contribution is 2.33.